The number of halogens is 2. The van der Waals surface area contributed by atoms with Crippen molar-refractivity contribution in [3.63, 3.8) is 0 Å². The summed E-state index contributed by atoms with van der Waals surface area (Å²) in [4.78, 5) is 17.7. The van der Waals surface area contributed by atoms with Crippen LogP contribution >= 0.6 is 36.2 Å². The van der Waals surface area contributed by atoms with Gasteiger partial charge >= 0.3 is 0 Å². The van der Waals surface area contributed by atoms with Crippen molar-refractivity contribution in [3.8, 4) is 0 Å². The summed E-state index contributed by atoms with van der Waals surface area (Å²) >= 11 is 1.62. The monoisotopic (exact) mass is 339 g/mol. The van der Waals surface area contributed by atoms with Crippen LogP contribution in [0.15, 0.2) is 6.20 Å². The van der Waals surface area contributed by atoms with Crippen molar-refractivity contribution >= 4 is 42.1 Å². The van der Waals surface area contributed by atoms with E-state index in [-0.39, 0.29) is 36.8 Å². The van der Waals surface area contributed by atoms with E-state index in [0.29, 0.717) is 0 Å². The van der Waals surface area contributed by atoms with E-state index in [2.05, 4.69) is 10.3 Å². The van der Waals surface area contributed by atoms with Crippen LogP contribution < -0.4 is 11.1 Å². The Morgan fingerprint density at radius 2 is 2.00 bits per heavy atom. The number of nitrogens with two attached hydrogens (primary N) is 1. The van der Waals surface area contributed by atoms with Crippen LogP contribution in [0.4, 0.5) is 0 Å². The largest absolute Gasteiger partial charge is 0.346 e. The molecule has 1 unspecified atom stereocenters. The fourth-order valence-corrected chi connectivity index (χ4v) is 3.16. The zero-order valence-electron chi connectivity index (χ0n) is 11.8. The number of thiazole rings is 1. The molecule has 1 heterocycles. The van der Waals surface area contributed by atoms with Crippen LogP contribution in [0.1, 0.15) is 55.0 Å². The molecule has 1 aliphatic carbocycles. The second kappa shape index (κ2) is 8.17. The normalized spacial score (nSPS) is 18.4. The molecule has 20 heavy (non-hydrogen) atoms. The lowest BCUT2D eigenvalue weighted by Gasteiger charge is -2.32. The molecule has 7 heteroatoms. The number of rotatable bonds is 3. The molecule has 1 aromatic rings. The molecule has 0 radical (unpaired) electrons. The van der Waals surface area contributed by atoms with Gasteiger partial charge in [0, 0.05) is 11.1 Å². The molecule has 4 nitrogen and oxygen atoms in total. The molecule has 1 aromatic heterocycles. The van der Waals surface area contributed by atoms with Crippen LogP contribution in [0.3, 0.4) is 0 Å². The minimum atomic E-state index is -0.668. The summed E-state index contributed by atoms with van der Waals surface area (Å²) in [5, 5.41) is 3.95. The van der Waals surface area contributed by atoms with E-state index < -0.39 is 5.54 Å². The van der Waals surface area contributed by atoms with Crippen molar-refractivity contribution in [1.29, 1.82) is 0 Å². The zero-order chi connectivity index (χ0) is 13.2. The lowest BCUT2D eigenvalue weighted by Crippen LogP contribution is -2.55. The van der Waals surface area contributed by atoms with Crippen molar-refractivity contribution in [1.82, 2.24) is 10.3 Å². The van der Waals surface area contributed by atoms with E-state index in [1.54, 1.807) is 11.3 Å². The van der Waals surface area contributed by atoms with Crippen molar-refractivity contribution in [2.45, 2.75) is 57.5 Å². The first-order valence-corrected chi connectivity index (χ1v) is 7.35. The van der Waals surface area contributed by atoms with Crippen LogP contribution in [-0.2, 0) is 4.79 Å². The summed E-state index contributed by atoms with van der Waals surface area (Å²) in [6, 6.07) is -0.0569. The summed E-state index contributed by atoms with van der Waals surface area (Å²) in [6.45, 7) is 3.98. The Labute approximate surface area is 136 Å². The van der Waals surface area contributed by atoms with E-state index >= 15 is 0 Å². The maximum absolute atomic E-state index is 12.3. The van der Waals surface area contributed by atoms with Crippen LogP contribution in [0, 0.1) is 6.92 Å². The zero-order valence-corrected chi connectivity index (χ0v) is 14.3. The molecule has 1 amide bonds. The molecular weight excluding hydrogens is 317 g/mol. The molecule has 2 rings (SSSR count). The summed E-state index contributed by atoms with van der Waals surface area (Å²) in [5.41, 5.74) is 5.54. The summed E-state index contributed by atoms with van der Waals surface area (Å²) in [7, 11) is 0. The number of amides is 1. The predicted octanol–water partition coefficient (Wildman–Crippen LogP) is 3.13. The molecular formula is C13H23Cl2N3OS. The first-order valence-electron chi connectivity index (χ1n) is 6.53. The van der Waals surface area contributed by atoms with Gasteiger partial charge in [-0.05, 0) is 26.7 Å². The van der Waals surface area contributed by atoms with Gasteiger partial charge in [-0.3, -0.25) is 4.79 Å². The second-order valence-corrected chi connectivity index (χ2v) is 6.49. The number of aromatic nitrogens is 1. The molecule has 0 spiro atoms. The maximum atomic E-state index is 12.3. The Morgan fingerprint density at radius 3 is 2.50 bits per heavy atom. The summed E-state index contributed by atoms with van der Waals surface area (Å²) < 4.78 is 0. The number of nitrogens with zero attached hydrogens (tertiary/aromatic N) is 1. The molecule has 3 N–H and O–H groups in total. The van der Waals surface area contributed by atoms with Gasteiger partial charge in [-0.1, -0.05) is 19.3 Å². The van der Waals surface area contributed by atoms with E-state index in [1.807, 2.05) is 20.0 Å². The second-order valence-electron chi connectivity index (χ2n) is 5.22. The van der Waals surface area contributed by atoms with Gasteiger partial charge in [-0.15, -0.1) is 36.2 Å². The van der Waals surface area contributed by atoms with Gasteiger partial charge in [0.15, 0.2) is 0 Å². The Balaban J connectivity index is 0.00000180. The minimum Gasteiger partial charge on any atom is -0.346 e. The van der Waals surface area contributed by atoms with Gasteiger partial charge in [-0.25, -0.2) is 4.98 Å². The van der Waals surface area contributed by atoms with Crippen LogP contribution in [-0.4, -0.2) is 16.4 Å². The molecule has 116 valence electrons. The highest BCUT2D eigenvalue weighted by atomic mass is 35.5. The average molecular weight is 340 g/mol. The number of hydrogen-bond acceptors (Lipinski definition) is 4. The first-order chi connectivity index (χ1) is 8.51. The Bertz CT molecular complexity index is 433. The Morgan fingerprint density at radius 1 is 1.40 bits per heavy atom. The highest BCUT2D eigenvalue weighted by molar-refractivity contribution is 7.11. The molecule has 0 aromatic carbocycles. The third-order valence-electron chi connectivity index (χ3n) is 3.56. The topological polar surface area (TPSA) is 68.0 Å². The molecule has 1 aliphatic rings. The van der Waals surface area contributed by atoms with E-state index in [4.69, 9.17) is 5.73 Å². The molecule has 0 bridgehead atoms. The van der Waals surface area contributed by atoms with Crippen LogP contribution in [0.25, 0.3) is 0 Å². The van der Waals surface area contributed by atoms with Gasteiger partial charge in [0.25, 0.3) is 0 Å². The Hall–Kier alpha value is -0.360. The fraction of sp³-hybridized carbons (Fsp3) is 0.692. The van der Waals surface area contributed by atoms with Gasteiger partial charge in [-0.2, -0.15) is 0 Å². The number of carbonyl (C=O) groups is 1. The number of carbonyl (C=O) groups excluding carboxylic acids is 1. The predicted molar refractivity (Wildman–Crippen MR) is 87.9 cm³/mol. The maximum Gasteiger partial charge on any atom is 0.240 e. The van der Waals surface area contributed by atoms with Crippen LogP contribution in [0.5, 0.6) is 0 Å². The molecule has 1 atom stereocenters. The highest BCUT2D eigenvalue weighted by Gasteiger charge is 2.36. The van der Waals surface area contributed by atoms with Crippen molar-refractivity contribution in [2.75, 3.05) is 0 Å². The van der Waals surface area contributed by atoms with Gasteiger partial charge < -0.3 is 11.1 Å². The highest BCUT2D eigenvalue weighted by Crippen LogP contribution is 2.27. The summed E-state index contributed by atoms with van der Waals surface area (Å²) in [5.74, 6) is -0.0254. The first kappa shape index (κ1) is 19.6. The number of nitrogens with one attached hydrogen (secondary N) is 1. The molecule has 0 aliphatic heterocycles. The van der Waals surface area contributed by atoms with Crippen LogP contribution in [0.2, 0.25) is 0 Å². The molecule has 1 saturated carbocycles. The molecule has 0 saturated heterocycles. The average Bonchev–Trinajstić information content (AvgIpc) is 2.77. The third kappa shape index (κ3) is 4.58. The Kier molecular flexibility index (Phi) is 8.03. The van der Waals surface area contributed by atoms with E-state index in [0.717, 1.165) is 35.6 Å². The van der Waals surface area contributed by atoms with Gasteiger partial charge in [0.1, 0.15) is 5.01 Å². The minimum absolute atomic E-state index is 0. The van der Waals surface area contributed by atoms with Crippen molar-refractivity contribution in [2.24, 2.45) is 5.73 Å². The standard InChI is InChI=1S/C13H21N3OS.2ClH/c1-9-8-15-11(18-9)10(2)16-12(17)13(14)6-4-3-5-7-13;;/h8,10H,3-7,14H2,1-2H3,(H,16,17);2*1H. The van der Waals surface area contributed by atoms with E-state index in [1.165, 1.54) is 6.42 Å². The number of aryl methyl sites for hydroxylation is 1. The molecule has 1 fully saturated rings. The lowest BCUT2D eigenvalue weighted by molar-refractivity contribution is -0.128. The smallest absolute Gasteiger partial charge is 0.240 e. The third-order valence-corrected chi connectivity index (χ3v) is 4.65. The van der Waals surface area contributed by atoms with E-state index in [9.17, 15) is 4.79 Å². The van der Waals surface area contributed by atoms with Gasteiger partial charge in [0.05, 0.1) is 11.6 Å². The fourth-order valence-electron chi connectivity index (χ4n) is 2.38. The number of hydrogen-bond donors (Lipinski definition) is 2. The summed E-state index contributed by atoms with van der Waals surface area (Å²) in [6.07, 6.45) is 6.71. The van der Waals surface area contributed by atoms with Crippen molar-refractivity contribution in [3.05, 3.63) is 16.1 Å². The van der Waals surface area contributed by atoms with Crippen molar-refractivity contribution < 1.29 is 4.79 Å². The quantitative estimate of drug-likeness (QED) is 0.888. The van der Waals surface area contributed by atoms with Gasteiger partial charge in [0.2, 0.25) is 5.91 Å². The SMILES string of the molecule is Cc1cnc(C(C)NC(=O)C2(N)CCCCC2)s1.Cl.Cl. The lowest BCUT2D eigenvalue weighted by atomic mass is 9.82.